The Kier molecular flexibility index (Phi) is 8.40. The molecule has 3 aromatic heterocycles. The minimum atomic E-state index is -2.82. The lowest BCUT2D eigenvalue weighted by molar-refractivity contribution is 0.102. The van der Waals surface area contributed by atoms with E-state index in [0.29, 0.717) is 42.5 Å². The van der Waals surface area contributed by atoms with Crippen LogP contribution in [0.25, 0.3) is 11.0 Å². The summed E-state index contributed by atoms with van der Waals surface area (Å²) in [5.41, 5.74) is 0.491. The molecule has 1 aliphatic rings. The molecule has 0 atom stereocenters. The molecule has 11 heteroatoms. The van der Waals surface area contributed by atoms with E-state index in [1.54, 1.807) is 16.8 Å². The van der Waals surface area contributed by atoms with Gasteiger partial charge in [-0.15, -0.1) is 5.10 Å². The molecule has 3 aromatic rings. The molecule has 3 heterocycles. The summed E-state index contributed by atoms with van der Waals surface area (Å²) < 4.78 is 34.6. The van der Waals surface area contributed by atoms with Crippen LogP contribution in [0.15, 0.2) is 24.5 Å². The van der Waals surface area contributed by atoms with Crippen molar-refractivity contribution in [2.75, 3.05) is 37.0 Å². The molecule has 1 saturated carbocycles. The Morgan fingerprint density at radius 2 is 2.03 bits per heavy atom. The highest BCUT2D eigenvalue weighted by Crippen LogP contribution is 2.36. The Morgan fingerprint density at radius 1 is 1.25 bits per heavy atom. The van der Waals surface area contributed by atoms with Crippen LogP contribution in [0.1, 0.15) is 74.5 Å². The number of nitrogens with one attached hydrogen (secondary N) is 1. The number of alkyl halides is 2. The zero-order valence-corrected chi connectivity index (χ0v) is 21.0. The number of carbonyl (C=O) groups is 1. The first-order valence-electron chi connectivity index (χ1n) is 12.5. The SMILES string of the molecule is CCOCCN(C)c1ccc2nncc(C(=O)Nc3cn([C@H]4CC[C@H](CC)CC4)nc3C(F)F)c2n1. The predicted molar refractivity (Wildman–Crippen MR) is 134 cm³/mol. The summed E-state index contributed by atoms with van der Waals surface area (Å²) in [5, 5.41) is 14.8. The van der Waals surface area contributed by atoms with E-state index in [1.165, 1.54) is 12.4 Å². The highest BCUT2D eigenvalue weighted by Gasteiger charge is 2.27. The van der Waals surface area contributed by atoms with Crippen LogP contribution in [0.2, 0.25) is 0 Å². The third kappa shape index (κ3) is 5.77. The standard InChI is InChI=1S/C25H33F2N7O2/c1-4-16-6-8-17(9-7-16)34-15-20(23(32-34)24(26)27)29-25(35)18-14-28-31-19-10-11-21(30-22(18)19)33(3)12-13-36-5-2/h10-11,14-17,24H,4-9,12-13H2,1-3H3,(H,29,35)/t16-,17-. The molecule has 36 heavy (non-hydrogen) atoms. The molecule has 1 aliphatic carbocycles. The third-order valence-corrected chi connectivity index (χ3v) is 6.86. The first kappa shape index (κ1) is 25.9. The molecule has 0 saturated heterocycles. The minimum absolute atomic E-state index is 0.00237. The van der Waals surface area contributed by atoms with E-state index in [2.05, 4.69) is 32.5 Å². The number of nitrogens with zero attached hydrogens (tertiary/aromatic N) is 6. The van der Waals surface area contributed by atoms with Crippen molar-refractivity contribution in [1.82, 2.24) is 25.0 Å². The summed E-state index contributed by atoms with van der Waals surface area (Å²) in [6.45, 7) is 5.88. The van der Waals surface area contributed by atoms with Crippen molar-refractivity contribution in [2.45, 2.75) is 58.4 Å². The molecular weight excluding hydrogens is 468 g/mol. The number of hydrogen-bond donors (Lipinski definition) is 1. The lowest BCUT2D eigenvalue weighted by Gasteiger charge is -2.27. The van der Waals surface area contributed by atoms with Crippen molar-refractivity contribution in [1.29, 1.82) is 0 Å². The van der Waals surface area contributed by atoms with Crippen molar-refractivity contribution < 1.29 is 18.3 Å². The number of anilines is 2. The number of fused-ring (bicyclic) bond motifs is 1. The van der Waals surface area contributed by atoms with Crippen LogP contribution < -0.4 is 10.2 Å². The maximum absolute atomic E-state index is 13.8. The molecule has 0 spiro atoms. The van der Waals surface area contributed by atoms with E-state index in [0.717, 1.165) is 32.1 Å². The summed E-state index contributed by atoms with van der Waals surface area (Å²) in [6, 6.07) is 3.57. The van der Waals surface area contributed by atoms with Gasteiger partial charge in [-0.05, 0) is 50.7 Å². The fraction of sp³-hybridized carbons (Fsp3) is 0.560. The Balaban J connectivity index is 1.57. The predicted octanol–water partition coefficient (Wildman–Crippen LogP) is 5.03. The maximum atomic E-state index is 13.8. The van der Waals surface area contributed by atoms with Gasteiger partial charge in [-0.2, -0.15) is 10.2 Å². The van der Waals surface area contributed by atoms with Crippen molar-refractivity contribution in [3.05, 3.63) is 35.8 Å². The molecule has 1 amide bonds. The minimum Gasteiger partial charge on any atom is -0.380 e. The monoisotopic (exact) mass is 501 g/mol. The van der Waals surface area contributed by atoms with E-state index < -0.39 is 18.0 Å². The molecule has 9 nitrogen and oxygen atoms in total. The topological polar surface area (TPSA) is 98.1 Å². The Hall–Kier alpha value is -3.21. The summed E-state index contributed by atoms with van der Waals surface area (Å²) in [4.78, 5) is 19.7. The Labute approximate surface area is 209 Å². The van der Waals surface area contributed by atoms with Gasteiger partial charge in [0.15, 0.2) is 5.69 Å². The van der Waals surface area contributed by atoms with E-state index in [9.17, 15) is 13.6 Å². The van der Waals surface area contributed by atoms with Gasteiger partial charge in [0.25, 0.3) is 12.3 Å². The van der Waals surface area contributed by atoms with Crippen LogP contribution in [-0.2, 0) is 4.74 Å². The number of hydrogen-bond acceptors (Lipinski definition) is 7. The van der Waals surface area contributed by atoms with Gasteiger partial charge in [-0.25, -0.2) is 13.8 Å². The lowest BCUT2D eigenvalue weighted by atomic mass is 9.85. The zero-order chi connectivity index (χ0) is 25.7. The normalized spacial score (nSPS) is 18.1. The lowest BCUT2D eigenvalue weighted by Crippen LogP contribution is -2.23. The number of ether oxygens (including phenoxy) is 1. The van der Waals surface area contributed by atoms with Crippen LogP contribution in [0.5, 0.6) is 0 Å². The molecule has 1 N–H and O–H groups in total. The first-order chi connectivity index (χ1) is 17.4. The van der Waals surface area contributed by atoms with E-state index in [1.807, 2.05) is 18.9 Å². The van der Waals surface area contributed by atoms with Crippen LogP contribution >= 0.6 is 0 Å². The average Bonchev–Trinajstić information content (AvgIpc) is 3.32. The summed E-state index contributed by atoms with van der Waals surface area (Å²) >= 11 is 0. The van der Waals surface area contributed by atoms with Crippen molar-refractivity contribution in [2.24, 2.45) is 5.92 Å². The maximum Gasteiger partial charge on any atom is 0.284 e. The highest BCUT2D eigenvalue weighted by molar-refractivity contribution is 6.11. The van der Waals surface area contributed by atoms with Gasteiger partial charge in [0.1, 0.15) is 16.9 Å². The van der Waals surface area contributed by atoms with Gasteiger partial charge in [-0.3, -0.25) is 9.48 Å². The van der Waals surface area contributed by atoms with Crippen molar-refractivity contribution >= 4 is 28.4 Å². The highest BCUT2D eigenvalue weighted by atomic mass is 19.3. The fourth-order valence-electron chi connectivity index (χ4n) is 4.63. The van der Waals surface area contributed by atoms with Crippen LogP contribution in [0, 0.1) is 5.92 Å². The number of aromatic nitrogens is 5. The molecule has 4 rings (SSSR count). The number of likely N-dealkylation sites (N-methyl/N-ethyl adjacent to an activating group) is 1. The van der Waals surface area contributed by atoms with Crippen LogP contribution in [0.4, 0.5) is 20.3 Å². The number of halogens is 2. The van der Waals surface area contributed by atoms with E-state index >= 15 is 0 Å². The molecule has 0 unspecified atom stereocenters. The second-order valence-electron chi connectivity index (χ2n) is 9.16. The van der Waals surface area contributed by atoms with Crippen LogP contribution in [-0.4, -0.2) is 57.7 Å². The first-order valence-corrected chi connectivity index (χ1v) is 12.5. The molecule has 1 fully saturated rings. The largest absolute Gasteiger partial charge is 0.380 e. The Bertz CT molecular complexity index is 1180. The number of rotatable bonds is 10. The van der Waals surface area contributed by atoms with Gasteiger partial charge < -0.3 is 15.0 Å². The third-order valence-electron chi connectivity index (χ3n) is 6.86. The molecule has 0 aliphatic heterocycles. The van der Waals surface area contributed by atoms with Crippen molar-refractivity contribution in [3.8, 4) is 0 Å². The van der Waals surface area contributed by atoms with Gasteiger partial charge in [0.2, 0.25) is 0 Å². The molecule has 194 valence electrons. The van der Waals surface area contributed by atoms with Crippen LogP contribution in [0.3, 0.4) is 0 Å². The van der Waals surface area contributed by atoms with Crippen molar-refractivity contribution in [3.63, 3.8) is 0 Å². The summed E-state index contributed by atoms with van der Waals surface area (Å²) in [6.07, 6.45) is 5.01. The van der Waals surface area contributed by atoms with Gasteiger partial charge in [0.05, 0.1) is 30.1 Å². The quantitative estimate of drug-likeness (QED) is 0.389. The summed E-state index contributed by atoms with van der Waals surface area (Å²) in [5.74, 6) is 0.717. The number of carbonyl (C=O) groups excluding carboxylic acids is 1. The van der Waals surface area contributed by atoms with Gasteiger partial charge in [0, 0.05) is 26.4 Å². The second-order valence-corrected chi connectivity index (χ2v) is 9.16. The number of pyridine rings is 1. The number of amides is 1. The molecular formula is C25H33F2N7O2. The molecule has 0 bridgehead atoms. The molecule has 0 radical (unpaired) electrons. The van der Waals surface area contributed by atoms with Gasteiger partial charge in [-0.1, -0.05) is 13.3 Å². The van der Waals surface area contributed by atoms with Gasteiger partial charge >= 0.3 is 0 Å². The summed E-state index contributed by atoms with van der Waals surface area (Å²) in [7, 11) is 1.87. The van der Waals surface area contributed by atoms with E-state index in [4.69, 9.17) is 4.74 Å². The average molecular weight is 502 g/mol. The second kappa shape index (κ2) is 11.7. The fourth-order valence-corrected chi connectivity index (χ4v) is 4.63. The van der Waals surface area contributed by atoms with E-state index in [-0.39, 0.29) is 17.3 Å². The zero-order valence-electron chi connectivity index (χ0n) is 21.0. The smallest absolute Gasteiger partial charge is 0.284 e. The Morgan fingerprint density at radius 3 is 2.72 bits per heavy atom. The molecule has 0 aromatic carbocycles.